The third-order valence-electron chi connectivity index (χ3n) is 2.78. The van der Waals surface area contributed by atoms with Gasteiger partial charge in [0.05, 0.1) is 12.6 Å². The molecule has 3 N–H and O–H groups in total. The van der Waals surface area contributed by atoms with E-state index >= 15 is 0 Å². The zero-order valence-electron chi connectivity index (χ0n) is 12.4. The van der Waals surface area contributed by atoms with Crippen molar-refractivity contribution >= 4 is 12.0 Å². The van der Waals surface area contributed by atoms with Crippen LogP contribution in [0, 0.1) is 11.8 Å². The summed E-state index contributed by atoms with van der Waals surface area (Å²) in [6.45, 7) is 8.15. The Hall–Kier alpha value is -1.30. The first-order valence-corrected chi connectivity index (χ1v) is 6.56. The summed E-state index contributed by atoms with van der Waals surface area (Å²) < 4.78 is 5.02. The summed E-state index contributed by atoms with van der Waals surface area (Å²) in [5.74, 6) is -0.614. The van der Waals surface area contributed by atoms with Gasteiger partial charge in [-0.1, -0.05) is 27.7 Å². The van der Waals surface area contributed by atoms with Gasteiger partial charge in [-0.05, 0) is 18.3 Å². The molecule has 0 fully saturated rings. The number of nitrogens with one attached hydrogen (secondary N) is 2. The predicted octanol–water partition coefficient (Wildman–Crippen LogP) is 1.46. The average Bonchev–Trinajstić information content (AvgIpc) is 2.26. The summed E-state index contributed by atoms with van der Waals surface area (Å²) >= 11 is 0. The van der Waals surface area contributed by atoms with E-state index in [0.717, 1.165) is 0 Å². The van der Waals surface area contributed by atoms with E-state index in [-0.39, 0.29) is 17.9 Å². The third-order valence-corrected chi connectivity index (χ3v) is 2.78. The van der Waals surface area contributed by atoms with Crippen LogP contribution in [0.3, 0.4) is 0 Å². The van der Waals surface area contributed by atoms with E-state index in [4.69, 9.17) is 9.84 Å². The number of methoxy groups -OCH3 is 1. The molecule has 0 spiro atoms. The number of carboxylic acids is 1. The Morgan fingerprint density at radius 3 is 2.11 bits per heavy atom. The minimum absolute atomic E-state index is 0.140. The number of hydrogen-bond donors (Lipinski definition) is 3. The largest absolute Gasteiger partial charge is 0.480 e. The number of carbonyl (C=O) groups excluding carboxylic acids is 1. The Morgan fingerprint density at radius 2 is 1.74 bits per heavy atom. The highest BCUT2D eigenvalue weighted by Crippen LogP contribution is 2.06. The molecule has 6 heteroatoms. The van der Waals surface area contributed by atoms with Gasteiger partial charge in [-0.15, -0.1) is 0 Å². The van der Waals surface area contributed by atoms with E-state index in [2.05, 4.69) is 10.6 Å². The van der Waals surface area contributed by atoms with Crippen molar-refractivity contribution in [1.82, 2.24) is 10.6 Å². The van der Waals surface area contributed by atoms with Crippen molar-refractivity contribution in [3.05, 3.63) is 0 Å². The fraction of sp³-hybridized carbons (Fsp3) is 0.846. The van der Waals surface area contributed by atoms with Crippen molar-refractivity contribution in [3.8, 4) is 0 Å². The Morgan fingerprint density at radius 1 is 1.16 bits per heavy atom. The minimum atomic E-state index is -1.02. The van der Waals surface area contributed by atoms with Gasteiger partial charge in [-0.25, -0.2) is 9.59 Å². The Balaban J connectivity index is 4.43. The van der Waals surface area contributed by atoms with Crippen molar-refractivity contribution in [2.45, 2.75) is 46.2 Å². The van der Waals surface area contributed by atoms with Crippen LogP contribution in [0.2, 0.25) is 0 Å². The van der Waals surface area contributed by atoms with Gasteiger partial charge in [0, 0.05) is 7.11 Å². The highest BCUT2D eigenvalue weighted by Gasteiger charge is 2.23. The van der Waals surface area contributed by atoms with Crippen LogP contribution in [-0.2, 0) is 9.53 Å². The molecule has 0 rings (SSSR count). The maximum Gasteiger partial charge on any atom is 0.326 e. The summed E-state index contributed by atoms with van der Waals surface area (Å²) in [4.78, 5) is 22.8. The highest BCUT2D eigenvalue weighted by molar-refractivity contribution is 5.82. The summed E-state index contributed by atoms with van der Waals surface area (Å²) in [6, 6.07) is -1.47. The molecule has 0 aromatic rings. The van der Waals surface area contributed by atoms with Gasteiger partial charge in [0.25, 0.3) is 0 Å². The summed E-state index contributed by atoms with van der Waals surface area (Å²) in [5, 5.41) is 14.3. The fourth-order valence-corrected chi connectivity index (χ4v) is 1.64. The monoisotopic (exact) mass is 274 g/mol. The molecular formula is C13H26N2O4. The van der Waals surface area contributed by atoms with Gasteiger partial charge >= 0.3 is 12.0 Å². The van der Waals surface area contributed by atoms with Gasteiger partial charge in [-0.2, -0.15) is 0 Å². The number of aliphatic carboxylic acids is 1. The van der Waals surface area contributed by atoms with Crippen LogP contribution in [0.4, 0.5) is 4.79 Å². The van der Waals surface area contributed by atoms with Crippen molar-refractivity contribution in [3.63, 3.8) is 0 Å². The molecule has 2 atom stereocenters. The summed E-state index contributed by atoms with van der Waals surface area (Å²) in [5.41, 5.74) is 0. The number of carboxylic acid groups (broad SMARTS) is 1. The predicted molar refractivity (Wildman–Crippen MR) is 73.0 cm³/mol. The number of hydrogen-bond acceptors (Lipinski definition) is 3. The first-order chi connectivity index (χ1) is 8.77. The van der Waals surface area contributed by atoms with Crippen LogP contribution < -0.4 is 10.6 Å². The second-order valence-corrected chi connectivity index (χ2v) is 5.44. The molecule has 6 nitrogen and oxygen atoms in total. The summed E-state index contributed by atoms with van der Waals surface area (Å²) in [7, 11) is 1.56. The first kappa shape index (κ1) is 17.7. The lowest BCUT2D eigenvalue weighted by molar-refractivity contribution is -0.139. The van der Waals surface area contributed by atoms with Gasteiger partial charge in [0.2, 0.25) is 0 Å². The molecule has 0 aliphatic rings. The van der Waals surface area contributed by atoms with Gasteiger partial charge in [0.15, 0.2) is 0 Å². The third kappa shape index (κ3) is 7.66. The average molecular weight is 274 g/mol. The minimum Gasteiger partial charge on any atom is -0.480 e. The molecule has 2 amide bonds. The Bertz CT molecular complexity index is 292. The fourth-order valence-electron chi connectivity index (χ4n) is 1.64. The van der Waals surface area contributed by atoms with Crippen molar-refractivity contribution in [2.75, 3.05) is 13.7 Å². The van der Waals surface area contributed by atoms with Crippen LogP contribution >= 0.6 is 0 Å². The van der Waals surface area contributed by atoms with Crippen molar-refractivity contribution < 1.29 is 19.4 Å². The molecule has 0 heterocycles. The molecule has 0 aromatic carbocycles. The van der Waals surface area contributed by atoms with Gasteiger partial charge in [0.1, 0.15) is 6.04 Å². The Kier molecular flexibility index (Phi) is 8.14. The maximum atomic E-state index is 11.8. The van der Waals surface area contributed by atoms with Gasteiger partial charge < -0.3 is 20.5 Å². The zero-order valence-corrected chi connectivity index (χ0v) is 12.4. The van der Waals surface area contributed by atoms with Crippen LogP contribution in [-0.4, -0.2) is 42.9 Å². The second-order valence-electron chi connectivity index (χ2n) is 5.44. The van der Waals surface area contributed by atoms with Crippen molar-refractivity contribution in [1.29, 1.82) is 0 Å². The number of carbonyl (C=O) groups is 2. The molecule has 0 bridgehead atoms. The molecule has 0 saturated carbocycles. The number of amides is 2. The molecule has 112 valence electrons. The standard InChI is InChI=1S/C13H26N2O4/c1-8(2)6-10(12(16)17)14-13(18)15-11(7-19-5)9(3)4/h8-11H,6-7H2,1-5H3,(H,16,17)(H2,14,15,18)/t10-,11?/m1/s1. The lowest BCUT2D eigenvalue weighted by atomic mass is 10.0. The number of ether oxygens (including phenoxy) is 1. The molecule has 0 saturated heterocycles. The van der Waals surface area contributed by atoms with E-state index < -0.39 is 18.0 Å². The molecular weight excluding hydrogens is 248 g/mol. The SMILES string of the molecule is COCC(NC(=O)N[C@H](CC(C)C)C(=O)O)C(C)C. The van der Waals surface area contributed by atoms with Crippen LogP contribution in [0.1, 0.15) is 34.1 Å². The molecule has 0 aromatic heterocycles. The van der Waals surface area contributed by atoms with E-state index in [9.17, 15) is 9.59 Å². The van der Waals surface area contributed by atoms with E-state index in [1.165, 1.54) is 0 Å². The number of urea groups is 1. The smallest absolute Gasteiger partial charge is 0.326 e. The van der Waals surface area contributed by atoms with Gasteiger partial charge in [-0.3, -0.25) is 0 Å². The molecule has 0 aliphatic carbocycles. The van der Waals surface area contributed by atoms with E-state index in [0.29, 0.717) is 13.0 Å². The Labute approximate surface area is 114 Å². The number of rotatable bonds is 8. The summed E-state index contributed by atoms with van der Waals surface area (Å²) in [6.07, 6.45) is 0.402. The first-order valence-electron chi connectivity index (χ1n) is 6.56. The highest BCUT2D eigenvalue weighted by atomic mass is 16.5. The topological polar surface area (TPSA) is 87.7 Å². The quantitative estimate of drug-likeness (QED) is 0.625. The van der Waals surface area contributed by atoms with Crippen LogP contribution in [0.5, 0.6) is 0 Å². The molecule has 0 aliphatic heterocycles. The normalized spacial score (nSPS) is 14.3. The molecule has 19 heavy (non-hydrogen) atoms. The lowest BCUT2D eigenvalue weighted by Gasteiger charge is -2.23. The lowest BCUT2D eigenvalue weighted by Crippen LogP contribution is -2.51. The zero-order chi connectivity index (χ0) is 15.0. The van der Waals surface area contributed by atoms with Crippen LogP contribution in [0.25, 0.3) is 0 Å². The van der Waals surface area contributed by atoms with Crippen molar-refractivity contribution in [2.24, 2.45) is 11.8 Å². The maximum absolute atomic E-state index is 11.8. The van der Waals surface area contributed by atoms with E-state index in [1.54, 1.807) is 7.11 Å². The van der Waals surface area contributed by atoms with Crippen LogP contribution in [0.15, 0.2) is 0 Å². The molecule has 1 unspecified atom stereocenters. The second kappa shape index (κ2) is 8.74. The molecule has 0 radical (unpaired) electrons. The van der Waals surface area contributed by atoms with E-state index in [1.807, 2.05) is 27.7 Å².